The van der Waals surface area contributed by atoms with Crippen LogP contribution in [0.1, 0.15) is 16.7 Å². The van der Waals surface area contributed by atoms with Gasteiger partial charge in [-0.05, 0) is 43.2 Å². The van der Waals surface area contributed by atoms with Gasteiger partial charge in [0.25, 0.3) is 0 Å². The van der Waals surface area contributed by atoms with E-state index < -0.39 is 17.6 Å². The fourth-order valence-electron chi connectivity index (χ4n) is 1.89. The zero-order valence-electron chi connectivity index (χ0n) is 13.1. The van der Waals surface area contributed by atoms with Crippen molar-refractivity contribution in [1.82, 2.24) is 5.43 Å². The highest BCUT2D eigenvalue weighted by molar-refractivity contribution is 6.39. The number of halogens is 2. The molecule has 2 aromatic rings. The third-order valence-corrected chi connectivity index (χ3v) is 3.54. The normalized spacial score (nSPS) is 10.7. The maximum absolute atomic E-state index is 13.5. The number of nitrogens with one attached hydrogen (secondary N) is 2. The minimum atomic E-state index is -0.973. The van der Waals surface area contributed by atoms with Gasteiger partial charge in [-0.15, -0.1) is 0 Å². The largest absolute Gasteiger partial charge is 0.329 e. The van der Waals surface area contributed by atoms with Crippen molar-refractivity contribution in [1.29, 1.82) is 0 Å². The number of carbonyl (C=O) groups is 2. The molecule has 24 heavy (non-hydrogen) atoms. The molecule has 0 radical (unpaired) electrons. The van der Waals surface area contributed by atoms with E-state index in [4.69, 9.17) is 11.6 Å². The molecule has 0 saturated heterocycles. The van der Waals surface area contributed by atoms with E-state index in [0.29, 0.717) is 5.69 Å². The van der Waals surface area contributed by atoms with E-state index in [-0.39, 0.29) is 10.6 Å². The molecule has 2 aromatic carbocycles. The van der Waals surface area contributed by atoms with Gasteiger partial charge in [0, 0.05) is 11.3 Å². The summed E-state index contributed by atoms with van der Waals surface area (Å²) < 4.78 is 13.5. The van der Waals surface area contributed by atoms with Crippen molar-refractivity contribution < 1.29 is 14.0 Å². The second-order valence-electron chi connectivity index (χ2n) is 5.11. The SMILES string of the molecule is Cc1ccc(C)c(NC(=O)C(=O)N/N=C\c2c(F)cccc2Cl)c1. The molecule has 2 amide bonds. The van der Waals surface area contributed by atoms with Crippen LogP contribution in [0.25, 0.3) is 0 Å². The van der Waals surface area contributed by atoms with E-state index in [9.17, 15) is 14.0 Å². The summed E-state index contributed by atoms with van der Waals surface area (Å²) in [5.41, 5.74) is 4.36. The van der Waals surface area contributed by atoms with Gasteiger partial charge in [0.1, 0.15) is 5.82 Å². The molecule has 0 aliphatic rings. The number of hydrazone groups is 1. The Kier molecular flexibility index (Phi) is 5.65. The molecular formula is C17H15ClFN3O2. The van der Waals surface area contributed by atoms with Crippen LogP contribution in [-0.4, -0.2) is 18.0 Å². The highest BCUT2D eigenvalue weighted by Crippen LogP contribution is 2.17. The third-order valence-electron chi connectivity index (χ3n) is 3.21. The Morgan fingerprint density at radius 2 is 1.92 bits per heavy atom. The van der Waals surface area contributed by atoms with Gasteiger partial charge in [0.15, 0.2) is 0 Å². The Labute approximate surface area is 143 Å². The molecule has 0 bridgehead atoms. The van der Waals surface area contributed by atoms with Crippen LogP contribution in [0.5, 0.6) is 0 Å². The lowest BCUT2D eigenvalue weighted by atomic mass is 10.1. The van der Waals surface area contributed by atoms with Crippen molar-refractivity contribution in [2.24, 2.45) is 5.10 Å². The van der Waals surface area contributed by atoms with Crippen molar-refractivity contribution in [3.63, 3.8) is 0 Å². The molecule has 124 valence electrons. The van der Waals surface area contributed by atoms with Crippen LogP contribution in [0.4, 0.5) is 10.1 Å². The van der Waals surface area contributed by atoms with Crippen LogP contribution in [0.3, 0.4) is 0 Å². The van der Waals surface area contributed by atoms with Crippen LogP contribution in [0.2, 0.25) is 5.02 Å². The van der Waals surface area contributed by atoms with Gasteiger partial charge < -0.3 is 5.32 Å². The number of benzene rings is 2. The Balaban J connectivity index is 2.01. The molecule has 0 aromatic heterocycles. The van der Waals surface area contributed by atoms with Gasteiger partial charge in [-0.2, -0.15) is 5.10 Å². The van der Waals surface area contributed by atoms with Crippen LogP contribution >= 0.6 is 11.6 Å². The van der Waals surface area contributed by atoms with E-state index in [1.54, 1.807) is 6.07 Å². The van der Waals surface area contributed by atoms with Crippen molar-refractivity contribution in [3.8, 4) is 0 Å². The minimum Gasteiger partial charge on any atom is -0.317 e. The molecule has 0 spiro atoms. The standard InChI is InChI=1S/C17H15ClFN3O2/c1-10-6-7-11(2)15(8-10)21-16(23)17(24)22-20-9-12-13(18)4-3-5-14(12)19/h3-9H,1-2H3,(H,21,23)(H,22,24)/b20-9-. The van der Waals surface area contributed by atoms with Crippen LogP contribution in [0, 0.1) is 19.7 Å². The molecule has 0 fully saturated rings. The molecule has 2 rings (SSSR count). The average Bonchev–Trinajstić information content (AvgIpc) is 2.53. The van der Waals surface area contributed by atoms with Gasteiger partial charge in [0.05, 0.1) is 11.2 Å². The van der Waals surface area contributed by atoms with Crippen LogP contribution in [-0.2, 0) is 9.59 Å². The molecular weight excluding hydrogens is 333 g/mol. The Bertz CT molecular complexity index is 801. The van der Waals surface area contributed by atoms with E-state index in [2.05, 4.69) is 10.4 Å². The van der Waals surface area contributed by atoms with Crippen molar-refractivity contribution >= 4 is 35.3 Å². The fraction of sp³-hybridized carbons (Fsp3) is 0.118. The molecule has 2 N–H and O–H groups in total. The molecule has 0 atom stereocenters. The lowest BCUT2D eigenvalue weighted by Crippen LogP contribution is -2.32. The summed E-state index contributed by atoms with van der Waals surface area (Å²) in [6.07, 6.45) is 1.04. The van der Waals surface area contributed by atoms with E-state index in [1.807, 2.05) is 31.4 Å². The predicted octanol–water partition coefficient (Wildman–Crippen LogP) is 3.18. The number of hydrogen-bond donors (Lipinski definition) is 2. The number of anilines is 1. The van der Waals surface area contributed by atoms with Gasteiger partial charge in [-0.1, -0.05) is 29.8 Å². The first-order valence-corrected chi connectivity index (χ1v) is 7.42. The average molecular weight is 348 g/mol. The Morgan fingerprint density at radius 3 is 2.62 bits per heavy atom. The molecule has 0 aliphatic heterocycles. The summed E-state index contributed by atoms with van der Waals surface area (Å²) >= 11 is 5.82. The van der Waals surface area contributed by atoms with Crippen LogP contribution in [0.15, 0.2) is 41.5 Å². The minimum absolute atomic E-state index is 0.0226. The quantitative estimate of drug-likeness (QED) is 0.508. The molecule has 7 heteroatoms. The van der Waals surface area contributed by atoms with Gasteiger partial charge in [0.2, 0.25) is 0 Å². The summed E-state index contributed by atoms with van der Waals surface area (Å²) in [6.45, 7) is 3.68. The number of nitrogens with zero attached hydrogens (tertiary/aromatic N) is 1. The highest BCUT2D eigenvalue weighted by Gasteiger charge is 2.14. The summed E-state index contributed by atoms with van der Waals surface area (Å²) in [7, 11) is 0. The summed E-state index contributed by atoms with van der Waals surface area (Å²) in [5.74, 6) is -2.43. The fourth-order valence-corrected chi connectivity index (χ4v) is 2.10. The van der Waals surface area contributed by atoms with Crippen molar-refractivity contribution in [3.05, 3.63) is 63.9 Å². The van der Waals surface area contributed by atoms with E-state index >= 15 is 0 Å². The zero-order valence-corrected chi connectivity index (χ0v) is 13.8. The summed E-state index contributed by atoms with van der Waals surface area (Å²) in [4.78, 5) is 23.6. The second kappa shape index (κ2) is 7.70. The van der Waals surface area contributed by atoms with E-state index in [1.165, 1.54) is 18.2 Å². The first-order valence-electron chi connectivity index (χ1n) is 7.04. The zero-order chi connectivity index (χ0) is 17.7. The molecule has 0 unspecified atom stereocenters. The number of carbonyl (C=O) groups excluding carboxylic acids is 2. The first kappa shape index (κ1) is 17.6. The molecule has 0 heterocycles. The lowest BCUT2D eigenvalue weighted by Gasteiger charge is -2.08. The third kappa shape index (κ3) is 4.39. The number of aryl methyl sites for hydroxylation is 2. The summed E-state index contributed by atoms with van der Waals surface area (Å²) in [5, 5.41) is 6.20. The first-order chi connectivity index (χ1) is 11.4. The second-order valence-corrected chi connectivity index (χ2v) is 5.51. The van der Waals surface area contributed by atoms with Gasteiger partial charge >= 0.3 is 11.8 Å². The molecule has 5 nitrogen and oxygen atoms in total. The monoisotopic (exact) mass is 347 g/mol. The van der Waals surface area contributed by atoms with Crippen LogP contribution < -0.4 is 10.7 Å². The number of rotatable bonds is 3. The lowest BCUT2D eigenvalue weighted by molar-refractivity contribution is -0.136. The van der Waals surface area contributed by atoms with Crippen molar-refractivity contribution in [2.45, 2.75) is 13.8 Å². The Morgan fingerprint density at radius 1 is 1.17 bits per heavy atom. The number of hydrogen-bond acceptors (Lipinski definition) is 3. The topological polar surface area (TPSA) is 70.6 Å². The van der Waals surface area contributed by atoms with Gasteiger partial charge in [-0.25, -0.2) is 9.82 Å². The summed E-state index contributed by atoms with van der Waals surface area (Å²) in [6, 6.07) is 9.63. The van der Waals surface area contributed by atoms with E-state index in [0.717, 1.165) is 17.3 Å². The molecule has 0 saturated carbocycles. The predicted molar refractivity (Wildman–Crippen MR) is 91.7 cm³/mol. The van der Waals surface area contributed by atoms with Gasteiger partial charge in [-0.3, -0.25) is 9.59 Å². The highest BCUT2D eigenvalue weighted by atomic mass is 35.5. The Hall–Kier alpha value is -2.73. The number of amides is 2. The van der Waals surface area contributed by atoms with Crippen molar-refractivity contribution in [2.75, 3.05) is 5.32 Å². The smallest absolute Gasteiger partial charge is 0.317 e. The maximum atomic E-state index is 13.5. The maximum Gasteiger partial charge on any atom is 0.329 e. The molecule has 0 aliphatic carbocycles.